The molecule has 0 N–H and O–H groups in total. The van der Waals surface area contributed by atoms with Crippen LogP contribution >= 0.6 is 0 Å². The number of nitrogens with zero attached hydrogens (tertiary/aromatic N) is 1. The lowest BCUT2D eigenvalue weighted by Gasteiger charge is -2.12. The molecule has 2 aromatic rings. The van der Waals surface area contributed by atoms with Gasteiger partial charge in [-0.05, 0) is 5.56 Å². The zero-order valence-corrected chi connectivity index (χ0v) is 10.9. The van der Waals surface area contributed by atoms with E-state index in [4.69, 9.17) is 0 Å². The average Bonchev–Trinajstić information content (AvgIpc) is 2.48. The Balaban J connectivity index is 2.16. The summed E-state index contributed by atoms with van der Waals surface area (Å²) in [6.45, 7) is -0.234. The van der Waals surface area contributed by atoms with Gasteiger partial charge in [-0.25, -0.2) is 0 Å². The summed E-state index contributed by atoms with van der Waals surface area (Å²) in [4.78, 5) is 22.6. The molecule has 0 spiro atoms. The molecule has 4 heteroatoms. The molecule has 20 heavy (non-hydrogen) atoms. The molecule has 1 unspecified atom stereocenters. The zero-order valence-electron chi connectivity index (χ0n) is 10.9. The topological polar surface area (TPSA) is 60.2 Å². The highest BCUT2D eigenvalue weighted by molar-refractivity contribution is 5.96. The summed E-state index contributed by atoms with van der Waals surface area (Å²) in [5.41, 5.74) is 1.42. The van der Waals surface area contributed by atoms with Gasteiger partial charge in [-0.2, -0.15) is 0 Å². The molecule has 0 heterocycles. The third-order valence-electron chi connectivity index (χ3n) is 3.17. The monoisotopic (exact) mass is 269 g/mol. The number of hydrogen-bond donors (Lipinski definition) is 0. The van der Waals surface area contributed by atoms with E-state index >= 15 is 0 Å². The molecule has 2 aromatic carbocycles. The van der Waals surface area contributed by atoms with E-state index in [1.807, 2.05) is 36.4 Å². The molecule has 0 saturated heterocycles. The van der Waals surface area contributed by atoms with Crippen molar-refractivity contribution >= 4 is 5.78 Å². The van der Waals surface area contributed by atoms with Crippen LogP contribution in [-0.2, 0) is 0 Å². The molecular formula is C16H15NO3. The van der Waals surface area contributed by atoms with Crippen molar-refractivity contribution in [2.45, 2.75) is 12.3 Å². The molecule has 0 fully saturated rings. The normalized spacial score (nSPS) is 11.8. The van der Waals surface area contributed by atoms with Gasteiger partial charge in [0.1, 0.15) is 0 Å². The van der Waals surface area contributed by atoms with Gasteiger partial charge in [0, 0.05) is 16.9 Å². The molecular weight excluding hydrogens is 254 g/mol. The standard InChI is InChI=1S/C16H15NO3/c18-16(14-9-5-2-6-10-14)11-15(12-17(19)20)13-7-3-1-4-8-13/h1-10,15H,11-12H2. The Bertz CT molecular complexity index is 581. The van der Waals surface area contributed by atoms with E-state index in [2.05, 4.69) is 0 Å². The molecule has 0 aliphatic heterocycles. The largest absolute Gasteiger partial charge is 0.294 e. The van der Waals surface area contributed by atoms with E-state index in [1.54, 1.807) is 24.3 Å². The van der Waals surface area contributed by atoms with Gasteiger partial charge in [-0.3, -0.25) is 14.9 Å². The minimum absolute atomic E-state index is 0.0682. The van der Waals surface area contributed by atoms with Gasteiger partial charge in [-0.15, -0.1) is 0 Å². The van der Waals surface area contributed by atoms with E-state index in [1.165, 1.54) is 0 Å². The van der Waals surface area contributed by atoms with Crippen LogP contribution in [0.15, 0.2) is 60.7 Å². The van der Waals surface area contributed by atoms with Crippen molar-refractivity contribution in [2.24, 2.45) is 0 Å². The third kappa shape index (κ3) is 3.75. The first-order valence-corrected chi connectivity index (χ1v) is 6.42. The van der Waals surface area contributed by atoms with Crippen molar-refractivity contribution in [1.82, 2.24) is 0 Å². The minimum atomic E-state index is -0.390. The highest BCUT2D eigenvalue weighted by Gasteiger charge is 2.21. The Morgan fingerprint density at radius 3 is 2.10 bits per heavy atom. The fraction of sp³-hybridized carbons (Fsp3) is 0.188. The predicted octanol–water partition coefficient (Wildman–Crippen LogP) is 3.32. The molecule has 0 saturated carbocycles. The van der Waals surface area contributed by atoms with Crippen molar-refractivity contribution < 1.29 is 9.72 Å². The van der Waals surface area contributed by atoms with Crippen LogP contribution < -0.4 is 0 Å². The van der Waals surface area contributed by atoms with Gasteiger partial charge in [0.2, 0.25) is 6.54 Å². The van der Waals surface area contributed by atoms with E-state index in [9.17, 15) is 14.9 Å². The van der Waals surface area contributed by atoms with Crippen LogP contribution in [0.3, 0.4) is 0 Å². The zero-order chi connectivity index (χ0) is 14.4. The third-order valence-corrected chi connectivity index (χ3v) is 3.17. The molecule has 0 aliphatic rings. The van der Waals surface area contributed by atoms with Gasteiger partial charge in [-0.1, -0.05) is 60.7 Å². The number of carbonyl (C=O) groups is 1. The van der Waals surface area contributed by atoms with Crippen molar-refractivity contribution in [3.63, 3.8) is 0 Å². The maximum Gasteiger partial charge on any atom is 0.211 e. The molecule has 102 valence electrons. The van der Waals surface area contributed by atoms with Crippen LogP contribution in [0.2, 0.25) is 0 Å². The van der Waals surface area contributed by atoms with E-state index in [0.29, 0.717) is 5.56 Å². The Morgan fingerprint density at radius 1 is 1.00 bits per heavy atom. The summed E-state index contributed by atoms with van der Waals surface area (Å²) < 4.78 is 0. The molecule has 0 amide bonds. The van der Waals surface area contributed by atoms with Crippen LogP contribution in [0.1, 0.15) is 28.3 Å². The molecule has 4 nitrogen and oxygen atoms in total. The molecule has 0 aliphatic carbocycles. The molecule has 0 bridgehead atoms. The summed E-state index contributed by atoms with van der Waals surface area (Å²) in [7, 11) is 0. The van der Waals surface area contributed by atoms with E-state index in [0.717, 1.165) is 5.56 Å². The smallest absolute Gasteiger partial charge is 0.211 e. The maximum atomic E-state index is 12.2. The summed E-state index contributed by atoms with van der Waals surface area (Å²) in [6, 6.07) is 18.0. The Morgan fingerprint density at radius 2 is 1.55 bits per heavy atom. The summed E-state index contributed by atoms with van der Waals surface area (Å²) in [6.07, 6.45) is 0.148. The van der Waals surface area contributed by atoms with E-state index in [-0.39, 0.29) is 29.6 Å². The highest BCUT2D eigenvalue weighted by Crippen LogP contribution is 2.22. The second-order valence-corrected chi connectivity index (χ2v) is 4.62. The van der Waals surface area contributed by atoms with Crippen LogP contribution in [0.5, 0.6) is 0 Å². The number of benzene rings is 2. The lowest BCUT2D eigenvalue weighted by Crippen LogP contribution is -2.16. The van der Waals surface area contributed by atoms with Crippen molar-refractivity contribution in [3.8, 4) is 0 Å². The summed E-state index contributed by atoms with van der Waals surface area (Å²) >= 11 is 0. The quantitative estimate of drug-likeness (QED) is 0.459. The first-order valence-electron chi connectivity index (χ1n) is 6.42. The van der Waals surface area contributed by atoms with Crippen LogP contribution in [0.4, 0.5) is 0 Å². The number of hydrogen-bond acceptors (Lipinski definition) is 3. The second kappa shape index (κ2) is 6.61. The van der Waals surface area contributed by atoms with E-state index < -0.39 is 0 Å². The fourth-order valence-corrected chi connectivity index (χ4v) is 2.16. The Labute approximate surface area is 117 Å². The number of carbonyl (C=O) groups excluding carboxylic acids is 1. The highest BCUT2D eigenvalue weighted by atomic mass is 16.6. The number of ketones is 1. The second-order valence-electron chi connectivity index (χ2n) is 4.62. The number of nitro groups is 1. The van der Waals surface area contributed by atoms with Crippen molar-refractivity contribution in [3.05, 3.63) is 81.9 Å². The first kappa shape index (κ1) is 13.9. The Kier molecular flexibility index (Phi) is 4.60. The van der Waals surface area contributed by atoms with Crippen LogP contribution in [-0.4, -0.2) is 17.3 Å². The number of Topliss-reactive ketones (excluding diaryl/α,β-unsaturated/α-hetero) is 1. The van der Waals surface area contributed by atoms with Gasteiger partial charge >= 0.3 is 0 Å². The maximum absolute atomic E-state index is 12.2. The molecule has 2 rings (SSSR count). The SMILES string of the molecule is O=C(CC(C[N+](=O)[O-])c1ccccc1)c1ccccc1. The molecule has 0 radical (unpaired) electrons. The van der Waals surface area contributed by atoms with Crippen molar-refractivity contribution in [1.29, 1.82) is 0 Å². The lowest BCUT2D eigenvalue weighted by molar-refractivity contribution is -0.483. The van der Waals surface area contributed by atoms with Gasteiger partial charge in [0.25, 0.3) is 0 Å². The Hall–Kier alpha value is -2.49. The predicted molar refractivity (Wildman–Crippen MR) is 76.4 cm³/mol. The van der Waals surface area contributed by atoms with Gasteiger partial charge in [0.15, 0.2) is 5.78 Å². The van der Waals surface area contributed by atoms with Gasteiger partial charge < -0.3 is 0 Å². The van der Waals surface area contributed by atoms with Gasteiger partial charge in [0.05, 0.1) is 5.92 Å². The summed E-state index contributed by atoms with van der Waals surface area (Å²) in [5, 5.41) is 10.8. The average molecular weight is 269 g/mol. The van der Waals surface area contributed by atoms with Crippen molar-refractivity contribution in [2.75, 3.05) is 6.54 Å². The first-order chi connectivity index (χ1) is 9.66. The lowest BCUT2D eigenvalue weighted by atomic mass is 9.91. The van der Waals surface area contributed by atoms with Crippen LogP contribution in [0, 0.1) is 10.1 Å². The number of rotatable bonds is 6. The molecule has 1 atom stereocenters. The fourth-order valence-electron chi connectivity index (χ4n) is 2.16. The molecule has 0 aromatic heterocycles. The van der Waals surface area contributed by atoms with Crippen LogP contribution in [0.25, 0.3) is 0 Å². The summed E-state index contributed by atoms with van der Waals surface area (Å²) in [5.74, 6) is -0.458. The minimum Gasteiger partial charge on any atom is -0.294 e.